The average Bonchev–Trinajstić information content (AvgIpc) is 2.93. The molecule has 170 valence electrons. The standard InChI is InChI=1S/C25H37N3O3/c1-20(29)26-11-6-24(30)28-18-23-5-3-2-4-22(23)16-25(19-28)9-12-27(13-10-25)17-21-7-14-31-15-8-21/h2-5,21H,6-19H2,1H3,(H,26,29). The van der Waals surface area contributed by atoms with Crippen LogP contribution >= 0.6 is 0 Å². The lowest BCUT2D eigenvalue weighted by molar-refractivity contribution is -0.134. The monoisotopic (exact) mass is 427 g/mol. The Kier molecular flexibility index (Phi) is 7.28. The minimum atomic E-state index is -0.0811. The summed E-state index contributed by atoms with van der Waals surface area (Å²) in [5.41, 5.74) is 2.83. The number of ether oxygens (including phenoxy) is 1. The van der Waals surface area contributed by atoms with Crippen LogP contribution in [0, 0.1) is 11.3 Å². The lowest BCUT2D eigenvalue weighted by Crippen LogP contribution is -2.48. The van der Waals surface area contributed by atoms with E-state index in [9.17, 15) is 9.59 Å². The van der Waals surface area contributed by atoms with Crippen molar-refractivity contribution < 1.29 is 14.3 Å². The number of fused-ring (bicyclic) bond motifs is 1. The molecule has 3 aliphatic rings. The second kappa shape index (κ2) is 10.1. The van der Waals surface area contributed by atoms with E-state index in [2.05, 4.69) is 39.4 Å². The van der Waals surface area contributed by atoms with Gasteiger partial charge in [0.05, 0.1) is 0 Å². The van der Waals surface area contributed by atoms with Gasteiger partial charge in [0, 0.05) is 52.7 Å². The first kappa shape index (κ1) is 22.3. The fourth-order valence-electron chi connectivity index (χ4n) is 5.53. The maximum Gasteiger partial charge on any atom is 0.224 e. The third kappa shape index (κ3) is 5.86. The van der Waals surface area contributed by atoms with E-state index in [0.717, 1.165) is 58.0 Å². The van der Waals surface area contributed by atoms with E-state index < -0.39 is 0 Å². The molecule has 6 heteroatoms. The molecule has 3 aliphatic heterocycles. The van der Waals surface area contributed by atoms with E-state index in [0.29, 0.717) is 19.5 Å². The highest BCUT2D eigenvalue weighted by Gasteiger charge is 2.40. The fourth-order valence-corrected chi connectivity index (χ4v) is 5.53. The molecule has 1 spiro atoms. The van der Waals surface area contributed by atoms with E-state index in [1.165, 1.54) is 37.4 Å². The molecule has 2 amide bonds. The number of nitrogens with one attached hydrogen (secondary N) is 1. The van der Waals surface area contributed by atoms with Crippen LogP contribution in [0.5, 0.6) is 0 Å². The zero-order chi connectivity index (χ0) is 21.7. The highest BCUT2D eigenvalue weighted by molar-refractivity contribution is 5.78. The van der Waals surface area contributed by atoms with E-state index in [1.54, 1.807) is 0 Å². The summed E-state index contributed by atoms with van der Waals surface area (Å²) in [7, 11) is 0. The number of rotatable bonds is 5. The van der Waals surface area contributed by atoms with Crippen LogP contribution in [0.1, 0.15) is 50.2 Å². The number of benzene rings is 1. The summed E-state index contributed by atoms with van der Waals surface area (Å²) in [4.78, 5) is 28.9. The van der Waals surface area contributed by atoms with Gasteiger partial charge < -0.3 is 19.9 Å². The molecule has 0 atom stereocenters. The van der Waals surface area contributed by atoms with Crippen LogP contribution in [0.15, 0.2) is 24.3 Å². The van der Waals surface area contributed by atoms with Crippen LogP contribution < -0.4 is 5.32 Å². The largest absolute Gasteiger partial charge is 0.381 e. The molecule has 2 saturated heterocycles. The third-order valence-electron chi connectivity index (χ3n) is 7.41. The van der Waals surface area contributed by atoms with E-state index in [1.807, 2.05) is 0 Å². The maximum atomic E-state index is 13.0. The van der Waals surface area contributed by atoms with Crippen LogP contribution in [0.4, 0.5) is 0 Å². The molecular formula is C25H37N3O3. The Labute approximate surface area is 186 Å². The van der Waals surface area contributed by atoms with Crippen LogP contribution in [0.2, 0.25) is 0 Å². The van der Waals surface area contributed by atoms with Crippen molar-refractivity contribution in [3.63, 3.8) is 0 Å². The minimum absolute atomic E-state index is 0.0811. The quantitative estimate of drug-likeness (QED) is 0.785. The average molecular weight is 428 g/mol. The highest BCUT2D eigenvalue weighted by Crippen LogP contribution is 2.40. The van der Waals surface area contributed by atoms with E-state index >= 15 is 0 Å². The molecule has 31 heavy (non-hydrogen) atoms. The van der Waals surface area contributed by atoms with Crippen molar-refractivity contribution in [3.05, 3.63) is 35.4 Å². The van der Waals surface area contributed by atoms with Crippen LogP contribution in [0.3, 0.4) is 0 Å². The van der Waals surface area contributed by atoms with E-state index in [-0.39, 0.29) is 17.2 Å². The van der Waals surface area contributed by atoms with Crippen molar-refractivity contribution >= 4 is 11.8 Å². The number of nitrogens with zero attached hydrogens (tertiary/aromatic N) is 2. The zero-order valence-electron chi connectivity index (χ0n) is 18.9. The molecule has 1 aromatic rings. The van der Waals surface area contributed by atoms with Crippen LogP contribution in [0.25, 0.3) is 0 Å². The summed E-state index contributed by atoms with van der Waals surface area (Å²) in [6.45, 7) is 8.67. The SMILES string of the molecule is CC(=O)NCCC(=O)N1Cc2ccccc2CC2(CCN(CC3CCOCC3)CC2)C1. The van der Waals surface area contributed by atoms with Gasteiger partial charge in [-0.25, -0.2) is 0 Å². The molecule has 4 rings (SSSR count). The van der Waals surface area contributed by atoms with Crippen molar-refractivity contribution in [1.82, 2.24) is 15.1 Å². The Hall–Kier alpha value is -1.92. The number of amides is 2. The summed E-state index contributed by atoms with van der Waals surface area (Å²) >= 11 is 0. The minimum Gasteiger partial charge on any atom is -0.381 e. The Morgan fingerprint density at radius 2 is 1.84 bits per heavy atom. The molecule has 6 nitrogen and oxygen atoms in total. The first-order valence-corrected chi connectivity index (χ1v) is 11.9. The summed E-state index contributed by atoms with van der Waals surface area (Å²) in [6.07, 6.45) is 6.08. The van der Waals surface area contributed by atoms with Crippen LogP contribution in [-0.2, 0) is 27.3 Å². The van der Waals surface area contributed by atoms with Gasteiger partial charge in [0.25, 0.3) is 0 Å². The molecule has 0 saturated carbocycles. The lowest BCUT2D eigenvalue weighted by atomic mass is 9.73. The van der Waals surface area contributed by atoms with Crippen LogP contribution in [-0.4, -0.2) is 67.6 Å². The molecule has 0 bridgehead atoms. The molecule has 0 radical (unpaired) electrons. The highest BCUT2D eigenvalue weighted by atomic mass is 16.5. The summed E-state index contributed by atoms with van der Waals surface area (Å²) < 4.78 is 5.52. The zero-order valence-corrected chi connectivity index (χ0v) is 18.9. The first-order valence-electron chi connectivity index (χ1n) is 11.9. The van der Waals surface area contributed by atoms with Gasteiger partial charge in [0.2, 0.25) is 11.8 Å². The maximum absolute atomic E-state index is 13.0. The topological polar surface area (TPSA) is 61.9 Å². The number of hydrogen-bond donors (Lipinski definition) is 1. The lowest BCUT2D eigenvalue weighted by Gasteiger charge is -2.44. The number of carbonyl (C=O) groups excluding carboxylic acids is 2. The van der Waals surface area contributed by atoms with Crippen molar-refractivity contribution in [2.45, 2.75) is 52.0 Å². The van der Waals surface area contributed by atoms with Crippen molar-refractivity contribution in [2.24, 2.45) is 11.3 Å². The molecule has 0 unspecified atom stereocenters. The summed E-state index contributed by atoms with van der Waals surface area (Å²) in [6, 6.07) is 8.62. The molecule has 0 aromatic heterocycles. The van der Waals surface area contributed by atoms with Crippen molar-refractivity contribution in [3.8, 4) is 0 Å². The second-order valence-electron chi connectivity index (χ2n) is 9.78. The van der Waals surface area contributed by atoms with Crippen molar-refractivity contribution in [2.75, 3.05) is 45.9 Å². The smallest absolute Gasteiger partial charge is 0.224 e. The fraction of sp³-hybridized carbons (Fsp3) is 0.680. The van der Waals surface area contributed by atoms with Crippen molar-refractivity contribution in [1.29, 1.82) is 0 Å². The van der Waals surface area contributed by atoms with Gasteiger partial charge in [-0.3, -0.25) is 9.59 Å². The van der Waals surface area contributed by atoms with Gasteiger partial charge in [-0.05, 0) is 67.7 Å². The molecular weight excluding hydrogens is 390 g/mol. The number of likely N-dealkylation sites (tertiary alicyclic amines) is 1. The number of carbonyl (C=O) groups is 2. The second-order valence-corrected chi connectivity index (χ2v) is 9.78. The predicted molar refractivity (Wildman–Crippen MR) is 121 cm³/mol. The Morgan fingerprint density at radius 1 is 1.13 bits per heavy atom. The molecule has 1 aromatic carbocycles. The first-order chi connectivity index (χ1) is 15.0. The third-order valence-corrected chi connectivity index (χ3v) is 7.41. The molecule has 3 heterocycles. The number of piperidine rings is 1. The number of hydrogen-bond acceptors (Lipinski definition) is 4. The Balaban J connectivity index is 1.42. The molecule has 2 fully saturated rings. The Morgan fingerprint density at radius 3 is 2.55 bits per heavy atom. The van der Waals surface area contributed by atoms with Gasteiger partial charge in [-0.2, -0.15) is 0 Å². The van der Waals surface area contributed by atoms with Gasteiger partial charge in [0.1, 0.15) is 0 Å². The van der Waals surface area contributed by atoms with Gasteiger partial charge >= 0.3 is 0 Å². The normalized spacial score (nSPS) is 22.0. The molecule has 1 N–H and O–H groups in total. The van der Waals surface area contributed by atoms with Gasteiger partial charge in [-0.1, -0.05) is 24.3 Å². The van der Waals surface area contributed by atoms with E-state index in [4.69, 9.17) is 4.74 Å². The summed E-state index contributed by atoms with van der Waals surface area (Å²) in [5.74, 6) is 0.835. The predicted octanol–water partition coefficient (Wildman–Crippen LogP) is 2.61. The van der Waals surface area contributed by atoms with Gasteiger partial charge in [-0.15, -0.1) is 0 Å². The molecule has 0 aliphatic carbocycles. The Bertz CT molecular complexity index is 767. The van der Waals surface area contributed by atoms with Gasteiger partial charge in [0.15, 0.2) is 0 Å². The summed E-state index contributed by atoms with van der Waals surface area (Å²) in [5, 5.41) is 2.76.